The van der Waals surface area contributed by atoms with Gasteiger partial charge in [-0.3, -0.25) is 9.59 Å². The number of aliphatic carboxylic acids is 1. The lowest BCUT2D eigenvalue weighted by Crippen LogP contribution is -2.29. The molecule has 0 bridgehead atoms. The first-order chi connectivity index (χ1) is 8.73. The van der Waals surface area contributed by atoms with Gasteiger partial charge in [0.1, 0.15) is 0 Å². The van der Waals surface area contributed by atoms with Crippen molar-refractivity contribution in [2.75, 3.05) is 18.9 Å². The minimum absolute atomic E-state index is 0.0673. The topological polar surface area (TPSA) is 130 Å². The molecule has 0 spiro atoms. The summed E-state index contributed by atoms with van der Waals surface area (Å²) in [6.45, 7) is 1.08. The van der Waals surface area contributed by atoms with Crippen molar-refractivity contribution in [2.45, 2.75) is 17.7 Å². The fourth-order valence-corrected chi connectivity index (χ4v) is 3.33. The van der Waals surface area contributed by atoms with Crippen LogP contribution in [0.25, 0.3) is 0 Å². The van der Waals surface area contributed by atoms with Gasteiger partial charge in [-0.1, -0.05) is 11.3 Å². The third-order valence-electron chi connectivity index (χ3n) is 1.96. The van der Waals surface area contributed by atoms with Crippen LogP contribution in [0.1, 0.15) is 13.3 Å². The minimum atomic E-state index is -3.89. The second kappa shape index (κ2) is 6.04. The number of amides is 1. The summed E-state index contributed by atoms with van der Waals surface area (Å²) >= 11 is 0.700. The Hall–Kier alpha value is -1.59. The van der Waals surface area contributed by atoms with E-state index in [1.165, 1.54) is 14.0 Å². The smallest absolute Gasteiger partial charge is 0.304 e. The molecule has 19 heavy (non-hydrogen) atoms. The van der Waals surface area contributed by atoms with E-state index >= 15 is 0 Å². The first-order valence-electron chi connectivity index (χ1n) is 5.02. The number of nitrogens with zero attached hydrogens (tertiary/aromatic N) is 3. The summed E-state index contributed by atoms with van der Waals surface area (Å²) in [6.07, 6.45) is -0.312. The van der Waals surface area contributed by atoms with Crippen LogP contribution in [0.4, 0.5) is 5.13 Å². The van der Waals surface area contributed by atoms with Crippen LogP contribution in [0.15, 0.2) is 4.34 Å². The summed E-state index contributed by atoms with van der Waals surface area (Å²) in [5, 5.41) is 17.9. The molecule has 0 aromatic carbocycles. The molecule has 0 atom stereocenters. The molecule has 1 aromatic rings. The SMILES string of the molecule is CC(=O)Nc1nnc(S(=O)(=O)N(C)CCC(=O)O)s1. The van der Waals surface area contributed by atoms with Crippen LogP contribution in [0.3, 0.4) is 0 Å². The number of anilines is 1. The Morgan fingerprint density at radius 1 is 1.42 bits per heavy atom. The van der Waals surface area contributed by atoms with Gasteiger partial charge < -0.3 is 10.4 Å². The average Bonchev–Trinajstić information content (AvgIpc) is 2.73. The average molecular weight is 308 g/mol. The molecule has 0 radical (unpaired) electrons. The molecule has 0 saturated heterocycles. The largest absolute Gasteiger partial charge is 0.481 e. The van der Waals surface area contributed by atoms with Crippen LogP contribution < -0.4 is 5.32 Å². The Bertz CT molecular complexity index is 582. The van der Waals surface area contributed by atoms with Gasteiger partial charge in [-0.25, -0.2) is 8.42 Å². The molecule has 0 aliphatic carbocycles. The van der Waals surface area contributed by atoms with E-state index in [0.29, 0.717) is 11.3 Å². The lowest BCUT2D eigenvalue weighted by Gasteiger charge is -2.13. The van der Waals surface area contributed by atoms with E-state index in [4.69, 9.17) is 5.11 Å². The molecule has 0 aliphatic rings. The molecule has 1 amide bonds. The number of carbonyl (C=O) groups is 2. The fourth-order valence-electron chi connectivity index (χ4n) is 1.02. The number of carboxylic acid groups (broad SMARTS) is 1. The zero-order valence-electron chi connectivity index (χ0n) is 10.2. The van der Waals surface area contributed by atoms with E-state index < -0.39 is 16.0 Å². The molecule has 1 heterocycles. The highest BCUT2D eigenvalue weighted by Gasteiger charge is 2.26. The molecule has 106 valence electrons. The van der Waals surface area contributed by atoms with Gasteiger partial charge in [-0.05, 0) is 0 Å². The molecule has 1 aromatic heterocycles. The summed E-state index contributed by atoms with van der Waals surface area (Å²) in [7, 11) is -2.64. The van der Waals surface area contributed by atoms with Crippen LogP contribution in [-0.4, -0.2) is 53.5 Å². The third kappa shape index (κ3) is 4.22. The maximum absolute atomic E-state index is 12.0. The molecule has 1 rings (SSSR count). The summed E-state index contributed by atoms with van der Waals surface area (Å²) < 4.78 is 24.5. The van der Waals surface area contributed by atoms with Crippen LogP contribution in [-0.2, 0) is 19.6 Å². The lowest BCUT2D eigenvalue weighted by molar-refractivity contribution is -0.137. The van der Waals surface area contributed by atoms with Crippen LogP contribution >= 0.6 is 11.3 Å². The van der Waals surface area contributed by atoms with Gasteiger partial charge >= 0.3 is 5.97 Å². The highest BCUT2D eigenvalue weighted by molar-refractivity contribution is 7.91. The highest BCUT2D eigenvalue weighted by atomic mass is 32.2. The second-order valence-electron chi connectivity index (χ2n) is 3.52. The van der Waals surface area contributed by atoms with Gasteiger partial charge in [0.05, 0.1) is 6.42 Å². The fraction of sp³-hybridized carbons (Fsp3) is 0.500. The Morgan fingerprint density at radius 2 is 2.05 bits per heavy atom. The number of hydrogen-bond acceptors (Lipinski definition) is 7. The zero-order chi connectivity index (χ0) is 14.6. The van der Waals surface area contributed by atoms with Crippen LogP contribution in [0, 0.1) is 0 Å². The highest BCUT2D eigenvalue weighted by Crippen LogP contribution is 2.22. The van der Waals surface area contributed by atoms with E-state index in [-0.39, 0.29) is 28.3 Å². The Labute approximate surface area is 113 Å². The van der Waals surface area contributed by atoms with Gasteiger partial charge in [-0.2, -0.15) is 4.31 Å². The monoisotopic (exact) mass is 308 g/mol. The van der Waals surface area contributed by atoms with E-state index in [9.17, 15) is 18.0 Å². The van der Waals surface area contributed by atoms with Crippen molar-refractivity contribution in [1.29, 1.82) is 0 Å². The van der Waals surface area contributed by atoms with E-state index in [0.717, 1.165) is 4.31 Å². The van der Waals surface area contributed by atoms with E-state index in [2.05, 4.69) is 15.5 Å². The van der Waals surface area contributed by atoms with Gasteiger partial charge in [0.25, 0.3) is 10.0 Å². The summed E-state index contributed by atoms with van der Waals surface area (Å²) in [5.74, 6) is -1.49. The van der Waals surface area contributed by atoms with Gasteiger partial charge in [0, 0.05) is 20.5 Å². The molecule has 0 aliphatic heterocycles. The molecule has 11 heteroatoms. The van der Waals surface area contributed by atoms with Crippen molar-refractivity contribution in [3.8, 4) is 0 Å². The van der Waals surface area contributed by atoms with Crippen molar-refractivity contribution < 1.29 is 23.1 Å². The van der Waals surface area contributed by atoms with Gasteiger partial charge in [0.15, 0.2) is 0 Å². The predicted molar refractivity (Wildman–Crippen MR) is 66.3 cm³/mol. The number of carbonyl (C=O) groups excluding carboxylic acids is 1. The molecule has 0 unspecified atom stereocenters. The van der Waals surface area contributed by atoms with Gasteiger partial charge in [0.2, 0.25) is 15.4 Å². The number of carboxylic acids is 1. The lowest BCUT2D eigenvalue weighted by atomic mass is 10.4. The number of rotatable bonds is 6. The Kier molecular flexibility index (Phi) is 4.91. The zero-order valence-corrected chi connectivity index (χ0v) is 11.8. The molecule has 9 nitrogen and oxygen atoms in total. The van der Waals surface area contributed by atoms with Crippen molar-refractivity contribution in [3.63, 3.8) is 0 Å². The van der Waals surface area contributed by atoms with Crippen molar-refractivity contribution in [3.05, 3.63) is 0 Å². The van der Waals surface area contributed by atoms with E-state index in [1.807, 2.05) is 0 Å². The summed E-state index contributed by atoms with van der Waals surface area (Å²) in [4.78, 5) is 21.2. The molecule has 2 N–H and O–H groups in total. The standard InChI is InChI=1S/C8H12N4O5S2/c1-5(13)9-7-10-11-8(18-7)19(16,17)12(2)4-3-6(14)15/h3-4H2,1-2H3,(H,14,15)(H,9,10,13). The van der Waals surface area contributed by atoms with Crippen LogP contribution in [0.2, 0.25) is 0 Å². The second-order valence-corrected chi connectivity index (χ2v) is 6.72. The molecule has 0 saturated carbocycles. The normalized spacial score (nSPS) is 11.5. The number of sulfonamides is 1. The quantitative estimate of drug-likeness (QED) is 0.683. The van der Waals surface area contributed by atoms with Crippen molar-refractivity contribution in [2.24, 2.45) is 0 Å². The summed E-state index contributed by atoms with van der Waals surface area (Å²) in [6, 6.07) is 0. The predicted octanol–water partition coefficient (Wildman–Crippen LogP) is -0.408. The maximum Gasteiger partial charge on any atom is 0.304 e. The Morgan fingerprint density at radius 3 is 2.58 bits per heavy atom. The number of aromatic nitrogens is 2. The maximum atomic E-state index is 12.0. The first-order valence-corrected chi connectivity index (χ1v) is 7.28. The van der Waals surface area contributed by atoms with E-state index in [1.54, 1.807) is 0 Å². The molecule has 0 fully saturated rings. The van der Waals surface area contributed by atoms with Crippen molar-refractivity contribution >= 4 is 38.4 Å². The summed E-state index contributed by atoms with van der Waals surface area (Å²) in [5.41, 5.74) is 0. The molecular weight excluding hydrogens is 296 g/mol. The first kappa shape index (κ1) is 15.5. The third-order valence-corrected chi connectivity index (χ3v) is 5.00. The minimum Gasteiger partial charge on any atom is -0.481 e. The number of nitrogens with one attached hydrogen (secondary N) is 1. The number of hydrogen-bond donors (Lipinski definition) is 2. The Balaban J connectivity index is 2.84. The van der Waals surface area contributed by atoms with Crippen molar-refractivity contribution in [1.82, 2.24) is 14.5 Å². The molecular formula is C8H12N4O5S2. The van der Waals surface area contributed by atoms with Gasteiger partial charge in [-0.15, -0.1) is 10.2 Å². The van der Waals surface area contributed by atoms with Crippen LogP contribution in [0.5, 0.6) is 0 Å².